The van der Waals surface area contributed by atoms with E-state index in [0.29, 0.717) is 0 Å². The fourth-order valence-electron chi connectivity index (χ4n) is 7.64. The molecular formula is C48H31NO. The predicted octanol–water partition coefficient (Wildman–Crippen LogP) is 13.8. The maximum atomic E-state index is 6.46. The molecule has 10 aromatic rings. The zero-order valence-electron chi connectivity index (χ0n) is 27.3. The molecule has 10 rings (SSSR count). The van der Waals surface area contributed by atoms with Gasteiger partial charge >= 0.3 is 0 Å². The summed E-state index contributed by atoms with van der Waals surface area (Å²) >= 11 is 0. The van der Waals surface area contributed by atoms with Crippen LogP contribution in [0.4, 0.5) is 17.1 Å². The number of hydrogen-bond donors (Lipinski definition) is 0. The zero-order chi connectivity index (χ0) is 33.0. The van der Waals surface area contributed by atoms with Crippen molar-refractivity contribution in [3.8, 4) is 22.5 Å². The predicted molar refractivity (Wildman–Crippen MR) is 212 cm³/mol. The summed E-state index contributed by atoms with van der Waals surface area (Å²) < 4.78 is 6.46. The van der Waals surface area contributed by atoms with Crippen LogP contribution in [0.2, 0.25) is 0 Å². The van der Waals surface area contributed by atoms with Crippen molar-refractivity contribution in [2.45, 2.75) is 0 Å². The Morgan fingerprint density at radius 1 is 0.340 bits per heavy atom. The van der Waals surface area contributed by atoms with E-state index in [1.165, 1.54) is 54.2 Å². The summed E-state index contributed by atoms with van der Waals surface area (Å²) in [6, 6.07) is 67.5. The smallest absolute Gasteiger partial charge is 0.137 e. The Balaban J connectivity index is 1.16. The Morgan fingerprint density at radius 2 is 0.920 bits per heavy atom. The van der Waals surface area contributed by atoms with E-state index in [9.17, 15) is 0 Å². The van der Waals surface area contributed by atoms with Crippen molar-refractivity contribution in [2.24, 2.45) is 0 Å². The van der Waals surface area contributed by atoms with Gasteiger partial charge < -0.3 is 9.32 Å². The first kappa shape index (κ1) is 28.4. The quantitative estimate of drug-likeness (QED) is 0.175. The Morgan fingerprint density at radius 3 is 1.74 bits per heavy atom. The molecule has 0 unspecified atom stereocenters. The zero-order valence-corrected chi connectivity index (χ0v) is 27.3. The molecule has 9 aromatic carbocycles. The molecule has 0 radical (unpaired) electrons. The van der Waals surface area contributed by atoms with E-state index in [1.54, 1.807) is 0 Å². The second-order valence-electron chi connectivity index (χ2n) is 12.9. The topological polar surface area (TPSA) is 16.4 Å². The molecule has 0 N–H and O–H groups in total. The summed E-state index contributed by atoms with van der Waals surface area (Å²) in [5, 5.41) is 11.1. The summed E-state index contributed by atoms with van der Waals surface area (Å²) in [4.78, 5) is 2.36. The molecule has 234 valence electrons. The van der Waals surface area contributed by atoms with E-state index in [2.05, 4.69) is 181 Å². The molecule has 0 fully saturated rings. The van der Waals surface area contributed by atoms with Gasteiger partial charge in [-0.1, -0.05) is 133 Å². The van der Waals surface area contributed by atoms with Crippen molar-refractivity contribution < 1.29 is 4.42 Å². The van der Waals surface area contributed by atoms with Crippen molar-refractivity contribution in [1.29, 1.82) is 0 Å². The van der Waals surface area contributed by atoms with Gasteiger partial charge in [0.15, 0.2) is 0 Å². The van der Waals surface area contributed by atoms with Gasteiger partial charge in [-0.25, -0.2) is 0 Å². The van der Waals surface area contributed by atoms with Gasteiger partial charge in [0.05, 0.1) is 5.69 Å². The van der Waals surface area contributed by atoms with E-state index in [-0.39, 0.29) is 0 Å². The number of furan rings is 1. The van der Waals surface area contributed by atoms with Crippen molar-refractivity contribution in [2.75, 3.05) is 4.90 Å². The molecular weight excluding hydrogens is 607 g/mol. The number of hydrogen-bond acceptors (Lipinski definition) is 2. The van der Waals surface area contributed by atoms with Crippen LogP contribution in [0.5, 0.6) is 0 Å². The highest BCUT2D eigenvalue weighted by molar-refractivity contribution is 6.14. The summed E-state index contributed by atoms with van der Waals surface area (Å²) in [7, 11) is 0. The number of fused-ring (bicyclic) bond motifs is 7. The lowest BCUT2D eigenvalue weighted by Crippen LogP contribution is -2.11. The SMILES string of the molecule is c1ccc(N(c2ccc(-c3cc4ccccc4c4ccccc34)cc2)c2ccc3c(ccc4ccccc43)c2)c(-c2cc3ccccc3o2)c1. The Hall–Kier alpha value is -6.64. The van der Waals surface area contributed by atoms with Gasteiger partial charge in [-0.2, -0.15) is 0 Å². The molecule has 0 amide bonds. The lowest BCUT2D eigenvalue weighted by Gasteiger charge is -2.28. The molecule has 2 nitrogen and oxygen atoms in total. The van der Waals surface area contributed by atoms with Gasteiger partial charge in [-0.3, -0.25) is 0 Å². The van der Waals surface area contributed by atoms with E-state index < -0.39 is 0 Å². The molecule has 1 aromatic heterocycles. The average molecular weight is 638 g/mol. The van der Waals surface area contributed by atoms with Crippen molar-refractivity contribution in [3.05, 3.63) is 188 Å². The molecule has 0 aliphatic heterocycles. The maximum Gasteiger partial charge on any atom is 0.137 e. The Kier molecular flexibility index (Phi) is 6.53. The van der Waals surface area contributed by atoms with E-state index in [0.717, 1.165) is 39.4 Å². The molecule has 1 heterocycles. The van der Waals surface area contributed by atoms with Crippen molar-refractivity contribution in [3.63, 3.8) is 0 Å². The molecule has 0 bridgehead atoms. The second kappa shape index (κ2) is 11.5. The lowest BCUT2D eigenvalue weighted by molar-refractivity contribution is 0.631. The number of para-hydroxylation sites is 2. The minimum absolute atomic E-state index is 0.845. The highest BCUT2D eigenvalue weighted by atomic mass is 16.3. The number of nitrogens with zero attached hydrogens (tertiary/aromatic N) is 1. The van der Waals surface area contributed by atoms with Gasteiger partial charge in [0.1, 0.15) is 11.3 Å². The number of benzene rings is 9. The molecule has 0 aliphatic rings. The van der Waals surface area contributed by atoms with Crippen LogP contribution in [-0.4, -0.2) is 0 Å². The molecule has 0 saturated heterocycles. The van der Waals surface area contributed by atoms with E-state index in [4.69, 9.17) is 4.42 Å². The normalized spacial score (nSPS) is 11.6. The van der Waals surface area contributed by atoms with Crippen LogP contribution in [0, 0.1) is 0 Å². The van der Waals surface area contributed by atoms with Gasteiger partial charge in [0, 0.05) is 22.3 Å². The first-order valence-electron chi connectivity index (χ1n) is 17.1. The Labute approximate surface area is 290 Å². The van der Waals surface area contributed by atoms with Crippen molar-refractivity contribution in [1.82, 2.24) is 0 Å². The fraction of sp³-hybridized carbons (Fsp3) is 0. The van der Waals surface area contributed by atoms with Crippen LogP contribution in [0.1, 0.15) is 0 Å². The minimum Gasteiger partial charge on any atom is -0.456 e. The van der Waals surface area contributed by atoms with Gasteiger partial charge in [-0.05, 0) is 109 Å². The van der Waals surface area contributed by atoms with Crippen LogP contribution >= 0.6 is 0 Å². The molecule has 0 aliphatic carbocycles. The Bertz CT molecular complexity index is 2850. The highest BCUT2D eigenvalue weighted by Gasteiger charge is 2.20. The second-order valence-corrected chi connectivity index (χ2v) is 12.9. The average Bonchev–Trinajstić information content (AvgIpc) is 3.63. The van der Waals surface area contributed by atoms with Gasteiger partial charge in [0.25, 0.3) is 0 Å². The monoisotopic (exact) mass is 637 g/mol. The fourth-order valence-corrected chi connectivity index (χ4v) is 7.64. The summed E-state index contributed by atoms with van der Waals surface area (Å²) in [5.74, 6) is 0.845. The van der Waals surface area contributed by atoms with Crippen LogP contribution in [0.25, 0.3) is 76.5 Å². The van der Waals surface area contributed by atoms with Gasteiger partial charge in [-0.15, -0.1) is 0 Å². The molecule has 2 heteroatoms. The largest absolute Gasteiger partial charge is 0.456 e. The molecule has 0 atom stereocenters. The maximum absolute atomic E-state index is 6.46. The standard InChI is InChI=1S/C48H31NO/c1-4-14-39-32(11-1)21-22-35-29-38(27-28-41(35)39)49(46-19-9-8-18-44(46)48-31-36-13-3-10-20-47(36)50-48)37-25-23-33(24-26-37)45-30-34-12-2-5-15-40(34)42-16-6-7-17-43(42)45/h1-31H. The number of rotatable bonds is 5. The first-order chi connectivity index (χ1) is 24.8. The third-order valence-corrected chi connectivity index (χ3v) is 10.0. The van der Waals surface area contributed by atoms with Crippen molar-refractivity contribution >= 4 is 71.1 Å². The van der Waals surface area contributed by atoms with Crippen LogP contribution in [0.3, 0.4) is 0 Å². The third-order valence-electron chi connectivity index (χ3n) is 10.0. The van der Waals surface area contributed by atoms with E-state index >= 15 is 0 Å². The summed E-state index contributed by atoms with van der Waals surface area (Å²) in [6.45, 7) is 0. The number of anilines is 3. The summed E-state index contributed by atoms with van der Waals surface area (Å²) in [6.07, 6.45) is 0. The first-order valence-corrected chi connectivity index (χ1v) is 17.1. The minimum atomic E-state index is 0.845. The summed E-state index contributed by atoms with van der Waals surface area (Å²) in [5.41, 5.74) is 7.54. The molecule has 0 saturated carbocycles. The van der Waals surface area contributed by atoms with Crippen LogP contribution in [-0.2, 0) is 0 Å². The van der Waals surface area contributed by atoms with Crippen LogP contribution < -0.4 is 4.90 Å². The highest BCUT2D eigenvalue weighted by Crippen LogP contribution is 2.44. The molecule has 50 heavy (non-hydrogen) atoms. The molecule has 0 spiro atoms. The van der Waals surface area contributed by atoms with Crippen LogP contribution in [0.15, 0.2) is 192 Å². The van der Waals surface area contributed by atoms with Gasteiger partial charge in [0.2, 0.25) is 0 Å². The lowest BCUT2D eigenvalue weighted by atomic mass is 9.93. The van der Waals surface area contributed by atoms with E-state index in [1.807, 2.05) is 12.1 Å². The third kappa shape index (κ3) is 4.65.